The summed E-state index contributed by atoms with van der Waals surface area (Å²) in [6.07, 6.45) is 0.439. The van der Waals surface area contributed by atoms with E-state index in [0.29, 0.717) is 6.42 Å². The highest BCUT2D eigenvalue weighted by Crippen LogP contribution is 2.17. The molecule has 0 bridgehead atoms. The molecule has 0 heterocycles. The van der Waals surface area contributed by atoms with Crippen molar-refractivity contribution < 1.29 is 13.5 Å². The second kappa shape index (κ2) is 6.45. The minimum atomic E-state index is -1.48. The van der Waals surface area contributed by atoms with Crippen LogP contribution in [0.2, 0.25) is 0 Å². The number of nitro benzene ring substituents is 1. The van der Waals surface area contributed by atoms with Crippen LogP contribution < -0.4 is 5.73 Å². The van der Waals surface area contributed by atoms with Gasteiger partial charge in [0.05, 0.1) is 20.6 Å². The number of nitrogens with zero attached hydrogens (tertiary/aromatic N) is 1. The average molecular weight is 308 g/mol. The van der Waals surface area contributed by atoms with Crippen molar-refractivity contribution in [3.05, 3.63) is 64.0 Å². The highest BCUT2D eigenvalue weighted by atomic mass is 32.2. The molecule has 0 aliphatic carbocycles. The lowest BCUT2D eigenvalue weighted by molar-refractivity contribution is -0.384. The number of aryl methyl sites for hydroxylation is 1. The molecule has 0 spiro atoms. The molecule has 7 heteroatoms. The summed E-state index contributed by atoms with van der Waals surface area (Å²) in [6, 6.07) is 10.0. The highest BCUT2D eigenvalue weighted by Gasteiger charge is 2.11. The minimum Gasteiger partial charge on any atom is -0.399 e. The molecule has 0 aliphatic rings. The first-order chi connectivity index (χ1) is 9.97. The lowest BCUT2D eigenvalue weighted by Gasteiger charge is -2.05. The van der Waals surface area contributed by atoms with E-state index in [0.717, 1.165) is 11.6 Å². The molecule has 0 amide bonds. The second-order valence-electron chi connectivity index (χ2n) is 4.41. The zero-order chi connectivity index (χ0) is 15.4. The van der Waals surface area contributed by atoms with Crippen LogP contribution in [-0.4, -0.2) is 14.9 Å². The molecule has 0 aliphatic heterocycles. The number of rotatable bonds is 5. The standard InChI is InChI=1S/C14H13FN2O3S/c15-13-9-11(16)3-6-14(13)21(20)8-7-10-1-4-12(5-2-10)17(18)19/h1-6,9H,7-8,16H2. The molecule has 2 N–H and O–H groups in total. The summed E-state index contributed by atoms with van der Waals surface area (Å²) in [5.41, 5.74) is 6.53. The molecule has 0 fully saturated rings. The molecule has 21 heavy (non-hydrogen) atoms. The zero-order valence-corrected chi connectivity index (χ0v) is 11.8. The number of hydrogen-bond donors (Lipinski definition) is 1. The van der Waals surface area contributed by atoms with Gasteiger partial charge >= 0.3 is 0 Å². The Morgan fingerprint density at radius 2 is 1.86 bits per heavy atom. The van der Waals surface area contributed by atoms with Crippen molar-refractivity contribution in [3.63, 3.8) is 0 Å². The van der Waals surface area contributed by atoms with Gasteiger partial charge in [0.1, 0.15) is 5.82 Å². The van der Waals surface area contributed by atoms with Gasteiger partial charge in [0, 0.05) is 23.6 Å². The van der Waals surface area contributed by atoms with Crippen LogP contribution in [0.1, 0.15) is 5.56 Å². The normalized spacial score (nSPS) is 12.0. The van der Waals surface area contributed by atoms with Crippen LogP contribution >= 0.6 is 0 Å². The molecule has 0 saturated heterocycles. The maximum Gasteiger partial charge on any atom is 0.269 e. The van der Waals surface area contributed by atoms with Crippen molar-refractivity contribution >= 4 is 22.2 Å². The fourth-order valence-corrected chi connectivity index (χ4v) is 2.94. The summed E-state index contributed by atoms with van der Waals surface area (Å²) in [6.45, 7) is 0. The van der Waals surface area contributed by atoms with E-state index in [9.17, 15) is 18.7 Å². The fourth-order valence-electron chi connectivity index (χ4n) is 1.81. The Kier molecular flexibility index (Phi) is 4.64. The molecular formula is C14H13FN2O3S. The quantitative estimate of drug-likeness (QED) is 0.522. The van der Waals surface area contributed by atoms with E-state index in [-0.39, 0.29) is 22.0 Å². The van der Waals surface area contributed by atoms with E-state index in [1.54, 1.807) is 12.1 Å². The lowest BCUT2D eigenvalue weighted by Crippen LogP contribution is -2.04. The molecule has 2 aromatic carbocycles. The predicted molar refractivity (Wildman–Crippen MR) is 78.9 cm³/mol. The first-order valence-corrected chi connectivity index (χ1v) is 7.46. The van der Waals surface area contributed by atoms with Crippen molar-refractivity contribution in [2.75, 3.05) is 11.5 Å². The third-order valence-corrected chi connectivity index (χ3v) is 4.32. The Balaban J connectivity index is 2.02. The number of halogens is 1. The summed E-state index contributed by atoms with van der Waals surface area (Å²) in [5, 5.41) is 10.5. The lowest BCUT2D eigenvalue weighted by atomic mass is 10.1. The first kappa shape index (κ1) is 15.1. The Labute approximate surface area is 123 Å². The summed E-state index contributed by atoms with van der Waals surface area (Å²) >= 11 is 0. The van der Waals surface area contributed by atoms with Crippen molar-refractivity contribution in [1.29, 1.82) is 0 Å². The number of non-ortho nitro benzene ring substituents is 1. The van der Waals surface area contributed by atoms with E-state index in [2.05, 4.69) is 0 Å². The first-order valence-electron chi connectivity index (χ1n) is 6.14. The Morgan fingerprint density at radius 1 is 1.19 bits per heavy atom. The molecule has 1 unspecified atom stereocenters. The molecule has 0 saturated carbocycles. The number of nitrogens with two attached hydrogens (primary N) is 1. The predicted octanol–water partition coefficient (Wildman–Crippen LogP) is 2.67. The second-order valence-corrected chi connectivity index (χ2v) is 5.95. The largest absolute Gasteiger partial charge is 0.399 e. The van der Waals surface area contributed by atoms with Crippen LogP contribution in [0.15, 0.2) is 47.4 Å². The van der Waals surface area contributed by atoms with Gasteiger partial charge in [-0.25, -0.2) is 4.39 Å². The van der Waals surface area contributed by atoms with Crippen molar-refractivity contribution in [3.8, 4) is 0 Å². The van der Waals surface area contributed by atoms with Gasteiger partial charge in [0.25, 0.3) is 5.69 Å². The summed E-state index contributed by atoms with van der Waals surface area (Å²) in [5.74, 6) is -0.351. The van der Waals surface area contributed by atoms with Crippen molar-refractivity contribution in [1.82, 2.24) is 0 Å². The van der Waals surface area contributed by atoms with E-state index in [4.69, 9.17) is 5.73 Å². The van der Waals surface area contributed by atoms with Gasteiger partial charge in [-0.3, -0.25) is 14.3 Å². The maximum absolute atomic E-state index is 13.6. The average Bonchev–Trinajstić information content (AvgIpc) is 2.45. The van der Waals surface area contributed by atoms with Gasteiger partial charge in [-0.05, 0) is 30.2 Å². The minimum absolute atomic E-state index is 0.00412. The van der Waals surface area contributed by atoms with Crippen LogP contribution in [0.3, 0.4) is 0 Å². The molecule has 5 nitrogen and oxygen atoms in total. The van der Waals surface area contributed by atoms with Gasteiger partial charge in [-0.2, -0.15) is 0 Å². The molecule has 0 aromatic heterocycles. The molecule has 1 atom stereocenters. The molecule has 2 aromatic rings. The van der Waals surface area contributed by atoms with Crippen LogP contribution in [-0.2, 0) is 17.2 Å². The van der Waals surface area contributed by atoms with Crippen LogP contribution in [0.5, 0.6) is 0 Å². The molecule has 2 rings (SSSR count). The highest BCUT2D eigenvalue weighted by molar-refractivity contribution is 7.85. The third kappa shape index (κ3) is 3.85. The zero-order valence-electron chi connectivity index (χ0n) is 11.0. The summed E-state index contributed by atoms with van der Waals surface area (Å²) in [4.78, 5) is 10.2. The molecule has 110 valence electrons. The van der Waals surface area contributed by atoms with Gasteiger partial charge in [-0.1, -0.05) is 12.1 Å². The van der Waals surface area contributed by atoms with Crippen LogP contribution in [0.25, 0.3) is 0 Å². The van der Waals surface area contributed by atoms with E-state index < -0.39 is 21.5 Å². The Morgan fingerprint density at radius 3 is 2.43 bits per heavy atom. The van der Waals surface area contributed by atoms with E-state index >= 15 is 0 Å². The number of nitrogen functional groups attached to an aromatic ring is 1. The molecular weight excluding hydrogens is 295 g/mol. The Bertz CT molecular complexity index is 689. The summed E-state index contributed by atoms with van der Waals surface area (Å²) in [7, 11) is -1.48. The molecule has 0 radical (unpaired) electrons. The number of hydrogen-bond acceptors (Lipinski definition) is 4. The number of nitro groups is 1. The van der Waals surface area contributed by atoms with Crippen LogP contribution in [0.4, 0.5) is 15.8 Å². The van der Waals surface area contributed by atoms with Crippen molar-refractivity contribution in [2.45, 2.75) is 11.3 Å². The smallest absolute Gasteiger partial charge is 0.269 e. The van der Waals surface area contributed by atoms with Gasteiger partial charge in [0.15, 0.2) is 0 Å². The fraction of sp³-hybridized carbons (Fsp3) is 0.143. The van der Waals surface area contributed by atoms with Gasteiger partial charge in [0.2, 0.25) is 0 Å². The van der Waals surface area contributed by atoms with Crippen molar-refractivity contribution in [2.24, 2.45) is 0 Å². The topological polar surface area (TPSA) is 86.2 Å². The van der Waals surface area contributed by atoms with E-state index in [1.807, 2.05) is 0 Å². The van der Waals surface area contributed by atoms with Crippen LogP contribution in [0, 0.1) is 15.9 Å². The number of anilines is 1. The van der Waals surface area contributed by atoms with E-state index in [1.165, 1.54) is 24.3 Å². The maximum atomic E-state index is 13.6. The van der Waals surface area contributed by atoms with Gasteiger partial charge in [-0.15, -0.1) is 0 Å². The SMILES string of the molecule is Nc1ccc(S(=O)CCc2ccc([N+](=O)[O-])cc2)c(F)c1. The monoisotopic (exact) mass is 308 g/mol. The Hall–Kier alpha value is -2.28. The number of benzene rings is 2. The third-order valence-electron chi connectivity index (χ3n) is 2.92. The van der Waals surface area contributed by atoms with Gasteiger partial charge < -0.3 is 5.73 Å². The summed E-state index contributed by atoms with van der Waals surface area (Å²) < 4.78 is 25.7.